The second-order valence-corrected chi connectivity index (χ2v) is 3.15. The zero-order chi connectivity index (χ0) is 9.56. The minimum absolute atomic E-state index is 0.185. The van der Waals surface area contributed by atoms with Gasteiger partial charge in [0, 0.05) is 13.3 Å². The molecule has 1 atom stereocenters. The first kappa shape index (κ1) is 11.1. The number of ketones is 1. The molecule has 0 heterocycles. The summed E-state index contributed by atoms with van der Waals surface area (Å²) in [6, 6.07) is 0. The van der Waals surface area contributed by atoms with Crippen molar-refractivity contribution >= 4 is 11.8 Å². The average molecular weight is 172 g/mol. The van der Waals surface area contributed by atoms with Crippen LogP contribution in [0.5, 0.6) is 0 Å². The average Bonchev–Trinajstić information content (AvgIpc) is 1.96. The van der Waals surface area contributed by atoms with Gasteiger partial charge >= 0.3 is 5.97 Å². The SMILES string of the molecule is CC(=O)CCC(C)COC(C)=O. The molecule has 0 fully saturated rings. The Bertz CT molecular complexity index is 145. The summed E-state index contributed by atoms with van der Waals surface area (Å²) in [5.74, 6) is 0.201. The van der Waals surface area contributed by atoms with Crippen LogP contribution in [0.3, 0.4) is 0 Å². The number of carbonyl (C=O) groups is 2. The fourth-order valence-corrected chi connectivity index (χ4v) is 0.793. The van der Waals surface area contributed by atoms with Crippen LogP contribution in [0.25, 0.3) is 0 Å². The lowest BCUT2D eigenvalue weighted by atomic mass is 10.1. The van der Waals surface area contributed by atoms with E-state index in [1.54, 1.807) is 6.92 Å². The van der Waals surface area contributed by atoms with E-state index in [0.29, 0.717) is 13.0 Å². The molecule has 70 valence electrons. The van der Waals surface area contributed by atoms with Crippen molar-refractivity contribution in [1.29, 1.82) is 0 Å². The number of Topliss-reactive ketones (excluding diaryl/α,β-unsaturated/α-hetero) is 1. The second-order valence-electron chi connectivity index (χ2n) is 3.15. The maximum absolute atomic E-state index is 10.6. The highest BCUT2D eigenvalue weighted by atomic mass is 16.5. The molecule has 0 radical (unpaired) electrons. The van der Waals surface area contributed by atoms with Crippen LogP contribution in [-0.2, 0) is 14.3 Å². The van der Waals surface area contributed by atoms with Gasteiger partial charge in [0.1, 0.15) is 5.78 Å². The minimum atomic E-state index is -0.260. The Hall–Kier alpha value is -0.860. The van der Waals surface area contributed by atoms with Crippen LogP contribution in [0, 0.1) is 5.92 Å². The molecule has 0 aromatic carbocycles. The van der Waals surface area contributed by atoms with E-state index in [1.165, 1.54) is 6.92 Å². The van der Waals surface area contributed by atoms with Gasteiger partial charge in [0.05, 0.1) is 6.61 Å². The zero-order valence-electron chi connectivity index (χ0n) is 7.92. The number of rotatable bonds is 5. The Morgan fingerprint density at radius 2 is 1.92 bits per heavy atom. The Morgan fingerprint density at radius 3 is 2.33 bits per heavy atom. The van der Waals surface area contributed by atoms with Crippen molar-refractivity contribution in [3.63, 3.8) is 0 Å². The van der Waals surface area contributed by atoms with Crippen LogP contribution in [-0.4, -0.2) is 18.4 Å². The second kappa shape index (κ2) is 5.75. The molecule has 0 saturated heterocycles. The third kappa shape index (κ3) is 7.25. The molecule has 0 aliphatic carbocycles. The summed E-state index contributed by atoms with van der Waals surface area (Å²) < 4.78 is 4.79. The van der Waals surface area contributed by atoms with Crippen molar-refractivity contribution in [2.75, 3.05) is 6.61 Å². The van der Waals surface area contributed by atoms with E-state index in [4.69, 9.17) is 4.74 Å². The molecular formula is C9H16O3. The highest BCUT2D eigenvalue weighted by Gasteiger charge is 2.05. The Labute approximate surface area is 73.1 Å². The molecule has 3 heteroatoms. The van der Waals surface area contributed by atoms with Crippen LogP contribution in [0.4, 0.5) is 0 Å². The molecule has 3 nitrogen and oxygen atoms in total. The highest BCUT2D eigenvalue weighted by Crippen LogP contribution is 2.06. The van der Waals surface area contributed by atoms with Gasteiger partial charge in [-0.1, -0.05) is 6.92 Å². The van der Waals surface area contributed by atoms with E-state index in [1.807, 2.05) is 6.92 Å². The lowest BCUT2D eigenvalue weighted by molar-refractivity contribution is -0.142. The maximum atomic E-state index is 10.6. The minimum Gasteiger partial charge on any atom is -0.466 e. The van der Waals surface area contributed by atoms with E-state index in [0.717, 1.165) is 6.42 Å². The molecule has 0 bridgehead atoms. The predicted molar refractivity (Wildman–Crippen MR) is 45.7 cm³/mol. The lowest BCUT2D eigenvalue weighted by Gasteiger charge is -2.09. The van der Waals surface area contributed by atoms with Gasteiger partial charge < -0.3 is 9.53 Å². The van der Waals surface area contributed by atoms with Crippen LogP contribution in [0.1, 0.15) is 33.6 Å². The Kier molecular flexibility index (Phi) is 5.34. The molecule has 1 unspecified atom stereocenters. The number of hydrogen-bond donors (Lipinski definition) is 0. The predicted octanol–water partition coefficient (Wildman–Crippen LogP) is 1.55. The van der Waals surface area contributed by atoms with Crippen molar-refractivity contribution in [2.45, 2.75) is 33.6 Å². The van der Waals surface area contributed by atoms with Crippen LogP contribution < -0.4 is 0 Å². The van der Waals surface area contributed by atoms with Gasteiger partial charge in [0.25, 0.3) is 0 Å². The quantitative estimate of drug-likeness (QED) is 0.591. The van der Waals surface area contributed by atoms with Crippen LogP contribution in [0.2, 0.25) is 0 Å². The van der Waals surface area contributed by atoms with Crippen molar-refractivity contribution in [2.24, 2.45) is 5.92 Å². The van der Waals surface area contributed by atoms with Crippen molar-refractivity contribution < 1.29 is 14.3 Å². The Balaban J connectivity index is 3.39. The molecule has 0 spiro atoms. The third-order valence-corrected chi connectivity index (χ3v) is 1.56. The van der Waals surface area contributed by atoms with Gasteiger partial charge in [-0.25, -0.2) is 0 Å². The van der Waals surface area contributed by atoms with Crippen LogP contribution >= 0.6 is 0 Å². The van der Waals surface area contributed by atoms with Gasteiger partial charge in [-0.15, -0.1) is 0 Å². The summed E-state index contributed by atoms with van der Waals surface area (Å²) in [4.78, 5) is 21.0. The maximum Gasteiger partial charge on any atom is 0.302 e. The van der Waals surface area contributed by atoms with Gasteiger partial charge in [0.2, 0.25) is 0 Å². The first-order valence-corrected chi connectivity index (χ1v) is 4.15. The summed E-state index contributed by atoms with van der Waals surface area (Å²) in [5, 5.41) is 0. The van der Waals surface area contributed by atoms with Crippen molar-refractivity contribution in [3.05, 3.63) is 0 Å². The van der Waals surface area contributed by atoms with Crippen LogP contribution in [0.15, 0.2) is 0 Å². The van der Waals surface area contributed by atoms with Crippen molar-refractivity contribution in [3.8, 4) is 0 Å². The summed E-state index contributed by atoms with van der Waals surface area (Å²) >= 11 is 0. The molecule has 0 aromatic heterocycles. The van der Waals surface area contributed by atoms with Gasteiger partial charge in [-0.3, -0.25) is 4.79 Å². The topological polar surface area (TPSA) is 43.4 Å². The molecule has 0 aliphatic rings. The Morgan fingerprint density at radius 1 is 1.33 bits per heavy atom. The van der Waals surface area contributed by atoms with E-state index in [-0.39, 0.29) is 17.7 Å². The number of ether oxygens (including phenoxy) is 1. The number of carbonyl (C=O) groups excluding carboxylic acids is 2. The largest absolute Gasteiger partial charge is 0.466 e. The van der Waals surface area contributed by atoms with Gasteiger partial charge in [0.15, 0.2) is 0 Å². The third-order valence-electron chi connectivity index (χ3n) is 1.56. The molecular weight excluding hydrogens is 156 g/mol. The lowest BCUT2D eigenvalue weighted by Crippen LogP contribution is -2.10. The van der Waals surface area contributed by atoms with E-state index in [2.05, 4.69) is 0 Å². The highest BCUT2D eigenvalue weighted by molar-refractivity contribution is 5.75. The molecule has 0 aromatic rings. The summed E-state index contributed by atoms with van der Waals surface area (Å²) in [5.41, 5.74) is 0. The fraction of sp³-hybridized carbons (Fsp3) is 0.778. The van der Waals surface area contributed by atoms with E-state index in [9.17, 15) is 9.59 Å². The number of esters is 1. The van der Waals surface area contributed by atoms with Gasteiger partial charge in [-0.2, -0.15) is 0 Å². The fourth-order valence-electron chi connectivity index (χ4n) is 0.793. The molecule has 12 heavy (non-hydrogen) atoms. The summed E-state index contributed by atoms with van der Waals surface area (Å²) in [6.45, 7) is 5.34. The first-order valence-electron chi connectivity index (χ1n) is 4.15. The normalized spacial score (nSPS) is 12.2. The smallest absolute Gasteiger partial charge is 0.302 e. The summed E-state index contributed by atoms with van der Waals surface area (Å²) in [7, 11) is 0. The number of hydrogen-bond acceptors (Lipinski definition) is 3. The molecule has 0 rings (SSSR count). The molecule has 0 N–H and O–H groups in total. The van der Waals surface area contributed by atoms with E-state index >= 15 is 0 Å². The van der Waals surface area contributed by atoms with Gasteiger partial charge in [-0.05, 0) is 19.3 Å². The standard InChI is InChI=1S/C9H16O3/c1-7(4-5-8(2)10)6-12-9(3)11/h7H,4-6H2,1-3H3. The van der Waals surface area contributed by atoms with E-state index < -0.39 is 0 Å². The zero-order valence-corrected chi connectivity index (χ0v) is 7.92. The monoisotopic (exact) mass is 172 g/mol. The summed E-state index contributed by atoms with van der Waals surface area (Å²) in [6.07, 6.45) is 1.37. The van der Waals surface area contributed by atoms with Crippen molar-refractivity contribution in [1.82, 2.24) is 0 Å². The molecule has 0 saturated carbocycles. The molecule has 0 amide bonds. The first-order chi connectivity index (χ1) is 5.52. The molecule has 0 aliphatic heterocycles.